The van der Waals surface area contributed by atoms with Crippen LogP contribution in [0.4, 0.5) is 0 Å². The Morgan fingerprint density at radius 2 is 2.33 bits per heavy atom. The second kappa shape index (κ2) is 5.31. The van der Waals surface area contributed by atoms with E-state index in [1.807, 2.05) is 0 Å². The number of amides is 1. The van der Waals surface area contributed by atoms with Crippen molar-refractivity contribution in [1.29, 1.82) is 0 Å². The van der Waals surface area contributed by atoms with Gasteiger partial charge >= 0.3 is 5.97 Å². The molecule has 1 amide bonds. The summed E-state index contributed by atoms with van der Waals surface area (Å²) in [5.74, 6) is -1.01. The first-order valence-electron chi connectivity index (χ1n) is 4.32. The van der Waals surface area contributed by atoms with Crippen LogP contribution in [0.2, 0.25) is 0 Å². The summed E-state index contributed by atoms with van der Waals surface area (Å²) < 4.78 is 0. The van der Waals surface area contributed by atoms with Gasteiger partial charge in [-0.2, -0.15) is 0 Å². The Balaban J connectivity index is 2.50. The lowest BCUT2D eigenvalue weighted by molar-refractivity contribution is -0.118. The van der Waals surface area contributed by atoms with Gasteiger partial charge in [0, 0.05) is 23.7 Å². The lowest BCUT2D eigenvalue weighted by Gasteiger charge is -1.93. The van der Waals surface area contributed by atoms with Crippen molar-refractivity contribution in [3.63, 3.8) is 0 Å². The van der Waals surface area contributed by atoms with Crippen molar-refractivity contribution in [3.8, 4) is 0 Å². The van der Waals surface area contributed by atoms with Crippen molar-refractivity contribution in [1.82, 2.24) is 5.32 Å². The molecule has 1 rings (SSSR count). The lowest BCUT2D eigenvalue weighted by Crippen LogP contribution is -2.19. The quantitative estimate of drug-likeness (QED) is 0.817. The molecule has 1 aromatic heterocycles. The topological polar surface area (TPSA) is 66.4 Å². The molecule has 0 spiro atoms. The van der Waals surface area contributed by atoms with E-state index in [1.165, 1.54) is 18.3 Å². The van der Waals surface area contributed by atoms with Crippen molar-refractivity contribution in [3.05, 3.63) is 28.0 Å². The second-order valence-electron chi connectivity index (χ2n) is 2.88. The summed E-state index contributed by atoms with van der Waals surface area (Å²) in [7, 11) is 0. The van der Waals surface area contributed by atoms with Crippen LogP contribution in [0.3, 0.4) is 0 Å². The van der Waals surface area contributed by atoms with Gasteiger partial charge in [0.2, 0.25) is 5.91 Å². The molecule has 0 aliphatic rings. The molecule has 80 valence electrons. The van der Waals surface area contributed by atoms with Crippen LogP contribution < -0.4 is 5.32 Å². The molecule has 0 atom stereocenters. The minimum absolute atomic E-state index is 0.0861. The van der Waals surface area contributed by atoms with Gasteiger partial charge in [0.05, 0.1) is 5.56 Å². The van der Waals surface area contributed by atoms with Crippen molar-refractivity contribution >= 4 is 29.3 Å². The maximum Gasteiger partial charge on any atom is 0.336 e. The highest BCUT2D eigenvalue weighted by Crippen LogP contribution is 2.15. The summed E-state index contributed by atoms with van der Waals surface area (Å²) in [5, 5.41) is 12.9. The number of nitrogens with one attached hydrogen (secondary N) is 1. The highest BCUT2D eigenvalue weighted by Gasteiger charge is 2.03. The Labute approximate surface area is 91.2 Å². The smallest absolute Gasteiger partial charge is 0.336 e. The number of carboxylic acids is 1. The van der Waals surface area contributed by atoms with Gasteiger partial charge in [-0.25, -0.2) is 4.79 Å². The molecule has 1 aromatic rings. The Bertz CT molecular complexity index is 395. The minimum atomic E-state index is -0.923. The van der Waals surface area contributed by atoms with E-state index >= 15 is 0 Å². The monoisotopic (exact) mass is 225 g/mol. The number of rotatable bonds is 4. The van der Waals surface area contributed by atoms with E-state index in [4.69, 9.17) is 5.11 Å². The minimum Gasteiger partial charge on any atom is -0.478 e. The molecule has 1 heterocycles. The van der Waals surface area contributed by atoms with E-state index in [0.717, 1.165) is 4.88 Å². The zero-order chi connectivity index (χ0) is 11.3. The van der Waals surface area contributed by atoms with Gasteiger partial charge < -0.3 is 10.4 Å². The number of hydrogen-bond donors (Lipinski definition) is 2. The average Bonchev–Trinajstić information content (AvgIpc) is 2.60. The lowest BCUT2D eigenvalue weighted by atomic mass is 10.3. The molecule has 0 saturated heterocycles. The normalized spacial score (nSPS) is 10.5. The first-order chi connectivity index (χ1) is 7.09. The zero-order valence-corrected chi connectivity index (χ0v) is 9.00. The van der Waals surface area contributed by atoms with Gasteiger partial charge in [-0.05, 0) is 12.1 Å². The Kier molecular flexibility index (Phi) is 4.05. The van der Waals surface area contributed by atoms with E-state index in [0.29, 0.717) is 12.1 Å². The SMILES string of the molecule is CC(=O)NCC=Cc1cc(C(=O)O)cs1. The third-order valence-electron chi connectivity index (χ3n) is 1.62. The average molecular weight is 225 g/mol. The first-order valence-corrected chi connectivity index (χ1v) is 5.20. The molecule has 15 heavy (non-hydrogen) atoms. The van der Waals surface area contributed by atoms with E-state index in [2.05, 4.69) is 5.32 Å². The van der Waals surface area contributed by atoms with E-state index in [-0.39, 0.29) is 5.91 Å². The summed E-state index contributed by atoms with van der Waals surface area (Å²) in [6, 6.07) is 1.59. The fourth-order valence-electron chi connectivity index (χ4n) is 0.930. The summed E-state index contributed by atoms with van der Waals surface area (Å²) in [6.45, 7) is 1.90. The van der Waals surface area contributed by atoms with Gasteiger partial charge in [-0.15, -0.1) is 11.3 Å². The predicted molar refractivity (Wildman–Crippen MR) is 59.0 cm³/mol. The Morgan fingerprint density at radius 3 is 2.87 bits per heavy atom. The van der Waals surface area contributed by atoms with Crippen LogP contribution in [0.5, 0.6) is 0 Å². The van der Waals surface area contributed by atoms with Gasteiger partial charge in [0.1, 0.15) is 0 Å². The molecular formula is C10H11NO3S. The largest absolute Gasteiger partial charge is 0.478 e. The molecule has 0 radical (unpaired) electrons. The van der Waals surface area contributed by atoms with Gasteiger partial charge in [-0.1, -0.05) is 6.08 Å². The van der Waals surface area contributed by atoms with E-state index in [9.17, 15) is 9.59 Å². The van der Waals surface area contributed by atoms with E-state index in [1.54, 1.807) is 23.6 Å². The number of carbonyl (C=O) groups is 2. The highest BCUT2D eigenvalue weighted by molar-refractivity contribution is 7.11. The van der Waals surface area contributed by atoms with Crippen LogP contribution in [-0.4, -0.2) is 23.5 Å². The molecule has 2 N–H and O–H groups in total. The molecule has 0 saturated carbocycles. The van der Waals surface area contributed by atoms with Crippen LogP contribution in [-0.2, 0) is 4.79 Å². The number of carboxylic acid groups (broad SMARTS) is 1. The van der Waals surface area contributed by atoms with Crippen LogP contribution in [0.25, 0.3) is 6.08 Å². The van der Waals surface area contributed by atoms with Crippen LogP contribution in [0, 0.1) is 0 Å². The standard InChI is InChI=1S/C10H11NO3S/c1-7(12)11-4-2-3-9-5-8(6-15-9)10(13)14/h2-3,5-6H,4H2,1H3,(H,11,12)(H,13,14). The number of thiophene rings is 1. The molecule has 0 aromatic carbocycles. The molecule has 0 unspecified atom stereocenters. The summed E-state index contributed by atoms with van der Waals surface area (Å²) >= 11 is 1.36. The first kappa shape index (κ1) is 11.5. The predicted octanol–water partition coefficient (Wildman–Crippen LogP) is 1.60. The number of carbonyl (C=O) groups excluding carboxylic acids is 1. The molecule has 0 bridgehead atoms. The van der Waals surface area contributed by atoms with Gasteiger partial charge in [0.15, 0.2) is 0 Å². The van der Waals surface area contributed by atoms with Gasteiger partial charge in [0.25, 0.3) is 0 Å². The number of hydrogen-bond acceptors (Lipinski definition) is 3. The molecule has 0 aliphatic carbocycles. The second-order valence-corrected chi connectivity index (χ2v) is 3.83. The Hall–Kier alpha value is -1.62. The van der Waals surface area contributed by atoms with Crippen LogP contribution >= 0.6 is 11.3 Å². The highest BCUT2D eigenvalue weighted by atomic mass is 32.1. The molecule has 0 fully saturated rings. The summed E-state index contributed by atoms with van der Waals surface area (Å²) in [5.41, 5.74) is 0.291. The van der Waals surface area contributed by atoms with Crippen LogP contribution in [0.15, 0.2) is 17.5 Å². The summed E-state index contributed by atoms with van der Waals surface area (Å²) in [4.78, 5) is 21.9. The maximum absolute atomic E-state index is 10.6. The third kappa shape index (κ3) is 3.95. The third-order valence-corrected chi connectivity index (χ3v) is 2.52. The van der Waals surface area contributed by atoms with E-state index < -0.39 is 5.97 Å². The molecular weight excluding hydrogens is 214 g/mol. The zero-order valence-electron chi connectivity index (χ0n) is 8.19. The van der Waals surface area contributed by atoms with Crippen molar-refractivity contribution in [2.24, 2.45) is 0 Å². The molecule has 0 aliphatic heterocycles. The summed E-state index contributed by atoms with van der Waals surface area (Å²) in [6.07, 6.45) is 3.56. The number of aromatic carboxylic acids is 1. The fraction of sp³-hybridized carbons (Fsp3) is 0.200. The van der Waals surface area contributed by atoms with Crippen LogP contribution in [0.1, 0.15) is 22.2 Å². The van der Waals surface area contributed by atoms with Crippen molar-refractivity contribution < 1.29 is 14.7 Å². The van der Waals surface area contributed by atoms with Crippen molar-refractivity contribution in [2.45, 2.75) is 6.92 Å². The Morgan fingerprint density at radius 1 is 1.60 bits per heavy atom. The fourth-order valence-corrected chi connectivity index (χ4v) is 1.73. The maximum atomic E-state index is 10.6. The molecule has 5 heteroatoms. The van der Waals surface area contributed by atoms with Crippen molar-refractivity contribution in [2.75, 3.05) is 6.54 Å². The molecule has 4 nitrogen and oxygen atoms in total. The van der Waals surface area contributed by atoms with Gasteiger partial charge in [-0.3, -0.25) is 4.79 Å².